The molecule has 1 atom stereocenters. The standard InChI is InChI=1S/C12H16ClN3O2S/c1-3-8-7-16(4-5-18-8)11(17)10-9(13)6-14-12(15-10)19-2/h6,8H,3-5,7H2,1-2H3. The van der Waals surface area contributed by atoms with E-state index >= 15 is 0 Å². The molecule has 1 aliphatic rings. The van der Waals surface area contributed by atoms with E-state index in [1.165, 1.54) is 18.0 Å². The Balaban J connectivity index is 2.18. The van der Waals surface area contributed by atoms with Gasteiger partial charge < -0.3 is 9.64 Å². The highest BCUT2D eigenvalue weighted by atomic mass is 35.5. The summed E-state index contributed by atoms with van der Waals surface area (Å²) in [5.41, 5.74) is 0.276. The smallest absolute Gasteiger partial charge is 0.274 e. The molecule has 1 aromatic rings. The van der Waals surface area contributed by atoms with Gasteiger partial charge >= 0.3 is 0 Å². The van der Waals surface area contributed by atoms with Crippen molar-refractivity contribution in [1.82, 2.24) is 14.9 Å². The molecule has 5 nitrogen and oxygen atoms in total. The van der Waals surface area contributed by atoms with Gasteiger partial charge in [-0.05, 0) is 12.7 Å². The molecule has 1 aliphatic heterocycles. The normalized spacial score (nSPS) is 19.5. The van der Waals surface area contributed by atoms with Crippen molar-refractivity contribution in [2.45, 2.75) is 24.6 Å². The zero-order valence-electron chi connectivity index (χ0n) is 10.9. The lowest BCUT2D eigenvalue weighted by Crippen LogP contribution is -2.45. The molecule has 0 spiro atoms. The molecule has 0 aromatic carbocycles. The number of carbonyl (C=O) groups is 1. The van der Waals surface area contributed by atoms with Crippen LogP contribution in [0.3, 0.4) is 0 Å². The second kappa shape index (κ2) is 6.54. The zero-order chi connectivity index (χ0) is 13.8. The zero-order valence-corrected chi connectivity index (χ0v) is 12.5. The maximum Gasteiger partial charge on any atom is 0.274 e. The van der Waals surface area contributed by atoms with E-state index in [0.717, 1.165) is 6.42 Å². The number of hydrogen-bond donors (Lipinski definition) is 0. The van der Waals surface area contributed by atoms with E-state index in [0.29, 0.717) is 29.9 Å². The van der Waals surface area contributed by atoms with Gasteiger partial charge in [-0.15, -0.1) is 0 Å². The number of halogens is 1. The number of rotatable bonds is 3. The number of ether oxygens (including phenoxy) is 1. The van der Waals surface area contributed by atoms with Crippen molar-refractivity contribution in [3.63, 3.8) is 0 Å². The predicted octanol–water partition coefficient (Wildman–Crippen LogP) is 2.10. The van der Waals surface area contributed by atoms with Gasteiger partial charge in [-0.3, -0.25) is 4.79 Å². The third-order valence-electron chi connectivity index (χ3n) is 2.99. The average Bonchev–Trinajstić information content (AvgIpc) is 2.47. The number of thioether (sulfide) groups is 1. The molecule has 0 aliphatic carbocycles. The first-order chi connectivity index (χ1) is 9.15. The Hall–Kier alpha value is -0.850. The second-order valence-corrected chi connectivity index (χ2v) is 5.39. The highest BCUT2D eigenvalue weighted by molar-refractivity contribution is 7.98. The van der Waals surface area contributed by atoms with Crippen LogP contribution in [0.5, 0.6) is 0 Å². The van der Waals surface area contributed by atoms with E-state index in [-0.39, 0.29) is 17.7 Å². The lowest BCUT2D eigenvalue weighted by Gasteiger charge is -2.32. The first kappa shape index (κ1) is 14.6. The number of hydrogen-bond acceptors (Lipinski definition) is 5. The van der Waals surface area contributed by atoms with E-state index in [2.05, 4.69) is 9.97 Å². The summed E-state index contributed by atoms with van der Waals surface area (Å²) in [6, 6.07) is 0. The van der Waals surface area contributed by atoms with E-state index in [4.69, 9.17) is 16.3 Å². The fraction of sp³-hybridized carbons (Fsp3) is 0.583. The van der Waals surface area contributed by atoms with Gasteiger partial charge in [0.1, 0.15) is 0 Å². The Bertz CT molecular complexity index is 472. The quantitative estimate of drug-likeness (QED) is 0.632. The molecule has 2 heterocycles. The van der Waals surface area contributed by atoms with Crippen molar-refractivity contribution in [1.29, 1.82) is 0 Å². The minimum absolute atomic E-state index is 0.0957. The van der Waals surface area contributed by atoms with Gasteiger partial charge in [-0.25, -0.2) is 9.97 Å². The first-order valence-corrected chi connectivity index (χ1v) is 7.73. The van der Waals surface area contributed by atoms with E-state index in [1.807, 2.05) is 13.2 Å². The molecule has 1 amide bonds. The summed E-state index contributed by atoms with van der Waals surface area (Å²) < 4.78 is 5.55. The predicted molar refractivity (Wildman–Crippen MR) is 74.8 cm³/mol. The maximum absolute atomic E-state index is 12.4. The molecule has 0 radical (unpaired) electrons. The summed E-state index contributed by atoms with van der Waals surface area (Å²) in [6.45, 7) is 3.76. The summed E-state index contributed by atoms with van der Waals surface area (Å²) >= 11 is 7.41. The van der Waals surface area contributed by atoms with Crippen LogP contribution in [0, 0.1) is 0 Å². The van der Waals surface area contributed by atoms with Crippen molar-refractivity contribution in [3.05, 3.63) is 16.9 Å². The fourth-order valence-electron chi connectivity index (χ4n) is 1.90. The SMILES string of the molecule is CCC1CN(C(=O)c2nc(SC)ncc2Cl)CCO1. The molecule has 0 bridgehead atoms. The average molecular weight is 302 g/mol. The lowest BCUT2D eigenvalue weighted by molar-refractivity contribution is -0.0228. The van der Waals surface area contributed by atoms with E-state index < -0.39 is 0 Å². The Morgan fingerprint density at radius 3 is 3.16 bits per heavy atom. The number of aromatic nitrogens is 2. The minimum atomic E-state index is -0.149. The fourth-order valence-corrected chi connectivity index (χ4v) is 2.41. The van der Waals surface area contributed by atoms with Gasteiger partial charge in [0.05, 0.1) is 23.9 Å². The molecule has 104 valence electrons. The van der Waals surface area contributed by atoms with Crippen LogP contribution in [0.2, 0.25) is 5.02 Å². The van der Waals surface area contributed by atoms with Crippen LogP contribution in [-0.4, -0.2) is 52.8 Å². The highest BCUT2D eigenvalue weighted by Crippen LogP contribution is 2.19. The van der Waals surface area contributed by atoms with Crippen LogP contribution < -0.4 is 0 Å². The second-order valence-electron chi connectivity index (χ2n) is 4.21. The van der Waals surface area contributed by atoms with Gasteiger partial charge in [-0.2, -0.15) is 0 Å². The molecule has 0 N–H and O–H groups in total. The van der Waals surface area contributed by atoms with Crippen molar-refractivity contribution >= 4 is 29.3 Å². The summed E-state index contributed by atoms with van der Waals surface area (Å²) in [6.07, 6.45) is 4.32. The van der Waals surface area contributed by atoms with Gasteiger partial charge in [-0.1, -0.05) is 30.3 Å². The summed E-state index contributed by atoms with van der Waals surface area (Å²) in [4.78, 5) is 22.4. The molecule has 1 fully saturated rings. The first-order valence-electron chi connectivity index (χ1n) is 6.13. The third-order valence-corrected chi connectivity index (χ3v) is 3.83. The monoisotopic (exact) mass is 301 g/mol. The molecule has 2 rings (SSSR count). The Morgan fingerprint density at radius 2 is 2.47 bits per heavy atom. The largest absolute Gasteiger partial charge is 0.375 e. The maximum atomic E-state index is 12.4. The van der Waals surface area contributed by atoms with Crippen LogP contribution in [0.4, 0.5) is 0 Å². The molecule has 0 saturated carbocycles. The number of nitrogens with zero attached hydrogens (tertiary/aromatic N) is 3. The Labute approximate surface area is 121 Å². The van der Waals surface area contributed by atoms with Crippen LogP contribution in [-0.2, 0) is 4.74 Å². The molecule has 1 unspecified atom stereocenters. The Kier molecular flexibility index (Phi) is 5.01. The van der Waals surface area contributed by atoms with Gasteiger partial charge in [0.2, 0.25) is 0 Å². The molecule has 1 saturated heterocycles. The summed E-state index contributed by atoms with van der Waals surface area (Å²) in [7, 11) is 0. The van der Waals surface area contributed by atoms with Crippen LogP contribution in [0.1, 0.15) is 23.8 Å². The number of morpholine rings is 1. The Morgan fingerprint density at radius 1 is 1.68 bits per heavy atom. The lowest BCUT2D eigenvalue weighted by atomic mass is 10.2. The number of amides is 1. The molecule has 19 heavy (non-hydrogen) atoms. The summed E-state index contributed by atoms with van der Waals surface area (Å²) in [5.74, 6) is -0.149. The van der Waals surface area contributed by atoms with Gasteiger partial charge in [0.15, 0.2) is 10.9 Å². The van der Waals surface area contributed by atoms with Crippen LogP contribution in [0.25, 0.3) is 0 Å². The van der Waals surface area contributed by atoms with Crippen LogP contribution in [0.15, 0.2) is 11.4 Å². The summed E-state index contributed by atoms with van der Waals surface area (Å²) in [5, 5.41) is 0.843. The molecule has 7 heteroatoms. The highest BCUT2D eigenvalue weighted by Gasteiger charge is 2.26. The van der Waals surface area contributed by atoms with E-state index in [1.54, 1.807) is 4.90 Å². The molecular weight excluding hydrogens is 286 g/mol. The molecule has 1 aromatic heterocycles. The van der Waals surface area contributed by atoms with E-state index in [9.17, 15) is 4.79 Å². The van der Waals surface area contributed by atoms with Crippen LogP contribution >= 0.6 is 23.4 Å². The van der Waals surface area contributed by atoms with Crippen molar-refractivity contribution in [2.75, 3.05) is 26.0 Å². The van der Waals surface area contributed by atoms with Gasteiger partial charge in [0, 0.05) is 13.1 Å². The van der Waals surface area contributed by atoms with Crippen molar-refractivity contribution in [2.24, 2.45) is 0 Å². The minimum Gasteiger partial charge on any atom is -0.375 e. The van der Waals surface area contributed by atoms with Crippen molar-refractivity contribution < 1.29 is 9.53 Å². The third kappa shape index (κ3) is 3.38. The van der Waals surface area contributed by atoms with Crippen molar-refractivity contribution in [3.8, 4) is 0 Å². The topological polar surface area (TPSA) is 55.3 Å². The van der Waals surface area contributed by atoms with Gasteiger partial charge in [0.25, 0.3) is 5.91 Å². The number of carbonyl (C=O) groups excluding carboxylic acids is 1. The molecular formula is C12H16ClN3O2S.